The maximum Gasteiger partial charge on any atom is 0.306 e. The van der Waals surface area contributed by atoms with E-state index in [-0.39, 0.29) is 23.8 Å². The number of aliphatic carboxylic acids is 1. The maximum atomic E-state index is 11.5. The summed E-state index contributed by atoms with van der Waals surface area (Å²) in [6.07, 6.45) is 9.66. The molecule has 0 saturated heterocycles. The van der Waals surface area contributed by atoms with Crippen molar-refractivity contribution in [3.8, 4) is 0 Å². The molecule has 0 aromatic carbocycles. The first-order valence-corrected chi connectivity index (χ1v) is 11.2. The third-order valence-corrected chi connectivity index (χ3v) is 7.04. The lowest BCUT2D eigenvalue weighted by atomic mass is 9.70. The molecule has 1 aliphatic heterocycles. The number of fused-ring (bicyclic) bond motifs is 1. The van der Waals surface area contributed by atoms with Crippen LogP contribution < -0.4 is 16.5 Å². The number of carboxylic acids is 1. The minimum Gasteiger partial charge on any atom is -0.481 e. The molecule has 170 valence electrons. The molecule has 2 aromatic heterocycles. The highest BCUT2D eigenvalue weighted by Gasteiger charge is 2.50. The van der Waals surface area contributed by atoms with Gasteiger partial charge in [0.25, 0.3) is 0 Å². The Balaban J connectivity index is 1.46. The van der Waals surface area contributed by atoms with Crippen molar-refractivity contribution < 1.29 is 19.5 Å². The van der Waals surface area contributed by atoms with E-state index in [2.05, 4.69) is 20.9 Å². The number of carboxylic acid groups (broad SMARTS) is 1. The van der Waals surface area contributed by atoms with E-state index in [1.807, 2.05) is 30.1 Å². The van der Waals surface area contributed by atoms with Crippen LogP contribution in [0.3, 0.4) is 0 Å². The zero-order valence-electron chi connectivity index (χ0n) is 18.0. The summed E-state index contributed by atoms with van der Waals surface area (Å²) in [5.41, 5.74) is 11.3. The van der Waals surface area contributed by atoms with Crippen LogP contribution in [0, 0.1) is 11.8 Å². The van der Waals surface area contributed by atoms with Crippen LogP contribution >= 0.6 is 0 Å². The predicted molar refractivity (Wildman–Crippen MR) is 117 cm³/mol. The van der Waals surface area contributed by atoms with Crippen molar-refractivity contribution in [1.29, 1.82) is 0 Å². The van der Waals surface area contributed by atoms with E-state index in [0.29, 0.717) is 32.2 Å². The van der Waals surface area contributed by atoms with Crippen LogP contribution in [0.5, 0.6) is 0 Å². The number of hydrogen-bond acceptors (Lipinski definition) is 7. The quantitative estimate of drug-likeness (QED) is 0.534. The predicted octanol–water partition coefficient (Wildman–Crippen LogP) is 2.02. The third kappa shape index (κ3) is 3.48. The van der Waals surface area contributed by atoms with E-state index in [0.717, 1.165) is 40.8 Å². The van der Waals surface area contributed by atoms with Crippen molar-refractivity contribution >= 4 is 34.3 Å². The second-order valence-corrected chi connectivity index (χ2v) is 9.11. The van der Waals surface area contributed by atoms with E-state index in [4.69, 9.17) is 10.6 Å². The highest BCUT2D eigenvalue weighted by molar-refractivity contribution is 5.96. The number of amides is 1. The largest absolute Gasteiger partial charge is 0.481 e. The van der Waals surface area contributed by atoms with Crippen LogP contribution in [0.25, 0.3) is 16.7 Å². The highest BCUT2D eigenvalue weighted by Crippen LogP contribution is 2.46. The fourth-order valence-corrected chi connectivity index (χ4v) is 5.09. The molecule has 1 amide bonds. The Kier molecular flexibility index (Phi) is 5.04. The van der Waals surface area contributed by atoms with Gasteiger partial charge in [0.15, 0.2) is 5.65 Å². The molecule has 2 aliphatic carbocycles. The second kappa shape index (κ2) is 7.77. The molecular formula is C22H28N6O4. The van der Waals surface area contributed by atoms with E-state index < -0.39 is 11.6 Å². The van der Waals surface area contributed by atoms with E-state index in [1.165, 1.54) is 0 Å². The van der Waals surface area contributed by atoms with Gasteiger partial charge >= 0.3 is 5.97 Å². The van der Waals surface area contributed by atoms with Gasteiger partial charge in [0.05, 0.1) is 28.9 Å². The molecule has 1 spiro atoms. The number of hydroxylamine groups is 1. The Bertz CT molecular complexity index is 1100. The summed E-state index contributed by atoms with van der Waals surface area (Å²) >= 11 is 0. The molecule has 2 fully saturated rings. The van der Waals surface area contributed by atoms with Crippen molar-refractivity contribution in [2.24, 2.45) is 17.6 Å². The Morgan fingerprint density at radius 2 is 2.03 bits per heavy atom. The van der Waals surface area contributed by atoms with Gasteiger partial charge in [0.1, 0.15) is 5.60 Å². The van der Waals surface area contributed by atoms with E-state index in [1.54, 1.807) is 0 Å². The van der Waals surface area contributed by atoms with Gasteiger partial charge in [-0.2, -0.15) is 5.10 Å². The maximum absolute atomic E-state index is 11.5. The summed E-state index contributed by atoms with van der Waals surface area (Å²) in [5, 5.41) is 18.3. The molecule has 0 atom stereocenters. The summed E-state index contributed by atoms with van der Waals surface area (Å²) in [7, 11) is 0. The number of pyridine rings is 1. The Hall–Kier alpha value is -3.14. The van der Waals surface area contributed by atoms with Crippen molar-refractivity contribution in [2.75, 3.05) is 5.32 Å². The smallest absolute Gasteiger partial charge is 0.306 e. The van der Waals surface area contributed by atoms with Gasteiger partial charge in [-0.25, -0.2) is 9.67 Å². The summed E-state index contributed by atoms with van der Waals surface area (Å²) in [6.45, 7) is 2.73. The molecule has 2 saturated carbocycles. The fraction of sp³-hybridized carbons (Fsp3) is 0.545. The molecule has 3 aliphatic rings. The third-order valence-electron chi connectivity index (χ3n) is 7.04. The number of primary amides is 1. The Morgan fingerprint density at radius 3 is 2.69 bits per heavy atom. The molecule has 0 unspecified atom stereocenters. The summed E-state index contributed by atoms with van der Waals surface area (Å²) in [4.78, 5) is 33.3. The standard InChI is InChI=1S/C22H28N6O4/c1-2-28-20-16(11-25-28)18(26-14-5-3-12(4-6-14)21(30)31)15(10-24-20)17-9-22(32-27-17)7-13(8-22)19(23)29/h9-14,27H,2-8H2,1H3,(H2,23,29)(H,24,26)(H,30,31). The molecule has 10 heteroatoms. The lowest BCUT2D eigenvalue weighted by molar-refractivity contribution is -0.144. The first-order valence-electron chi connectivity index (χ1n) is 11.2. The molecule has 32 heavy (non-hydrogen) atoms. The SMILES string of the molecule is CCn1ncc2c(NC3CCC(C(=O)O)CC3)c(C3=CC4(CC(C(N)=O)C4)ON3)cnc21. The number of carbonyl (C=O) groups is 2. The number of aromatic nitrogens is 3. The van der Waals surface area contributed by atoms with Crippen molar-refractivity contribution in [2.45, 2.75) is 63.6 Å². The van der Waals surface area contributed by atoms with Gasteiger partial charge in [-0.1, -0.05) is 0 Å². The molecule has 0 bridgehead atoms. The van der Waals surface area contributed by atoms with Gasteiger partial charge in [-0.15, -0.1) is 0 Å². The first-order chi connectivity index (χ1) is 15.4. The van der Waals surface area contributed by atoms with Crippen LogP contribution in [-0.2, 0) is 21.0 Å². The van der Waals surface area contributed by atoms with Crippen LogP contribution in [0.4, 0.5) is 5.69 Å². The topological polar surface area (TPSA) is 144 Å². The Labute approximate surface area is 185 Å². The number of carbonyl (C=O) groups excluding carboxylic acids is 1. The summed E-state index contributed by atoms with van der Waals surface area (Å²) in [5.74, 6) is -1.44. The number of hydrogen-bond donors (Lipinski definition) is 4. The van der Waals surface area contributed by atoms with Gasteiger partial charge in [-0.3, -0.25) is 19.9 Å². The minimum absolute atomic E-state index is 0.166. The summed E-state index contributed by atoms with van der Waals surface area (Å²) in [6, 6.07) is 0.166. The van der Waals surface area contributed by atoms with Crippen molar-refractivity contribution in [1.82, 2.24) is 20.2 Å². The number of aryl methyl sites for hydroxylation is 1. The minimum atomic E-state index is -0.711. The van der Waals surface area contributed by atoms with Gasteiger partial charge < -0.3 is 16.2 Å². The molecular weight excluding hydrogens is 412 g/mol. The number of nitrogens with one attached hydrogen (secondary N) is 2. The van der Waals surface area contributed by atoms with Gasteiger partial charge in [0.2, 0.25) is 5.91 Å². The van der Waals surface area contributed by atoms with Crippen molar-refractivity contribution in [3.05, 3.63) is 24.0 Å². The number of rotatable bonds is 6. The molecule has 0 radical (unpaired) electrons. The second-order valence-electron chi connectivity index (χ2n) is 9.11. The average Bonchev–Trinajstić information content (AvgIpc) is 3.38. The van der Waals surface area contributed by atoms with E-state index in [9.17, 15) is 14.7 Å². The number of nitrogens with two attached hydrogens (primary N) is 1. The molecule has 5 N–H and O–H groups in total. The molecule has 5 rings (SSSR count). The van der Waals surface area contributed by atoms with Crippen LogP contribution in [0.1, 0.15) is 51.0 Å². The molecule has 2 aromatic rings. The fourth-order valence-electron chi connectivity index (χ4n) is 5.09. The normalized spacial score (nSPS) is 29.4. The lowest BCUT2D eigenvalue weighted by Crippen LogP contribution is -2.48. The molecule has 3 heterocycles. The average molecular weight is 441 g/mol. The zero-order valence-corrected chi connectivity index (χ0v) is 18.0. The first kappa shape index (κ1) is 20.7. The lowest BCUT2D eigenvalue weighted by Gasteiger charge is -2.39. The monoisotopic (exact) mass is 440 g/mol. The summed E-state index contributed by atoms with van der Waals surface area (Å²) < 4.78 is 1.85. The zero-order chi connectivity index (χ0) is 22.5. The van der Waals surface area contributed by atoms with Crippen LogP contribution in [0.2, 0.25) is 0 Å². The van der Waals surface area contributed by atoms with Crippen LogP contribution in [0.15, 0.2) is 18.5 Å². The Morgan fingerprint density at radius 1 is 1.28 bits per heavy atom. The highest BCUT2D eigenvalue weighted by atomic mass is 16.7. The number of nitrogens with zero attached hydrogens (tertiary/aromatic N) is 3. The molecule has 10 nitrogen and oxygen atoms in total. The van der Waals surface area contributed by atoms with Crippen LogP contribution in [-0.4, -0.2) is 43.4 Å². The van der Waals surface area contributed by atoms with Gasteiger partial charge in [0, 0.05) is 30.3 Å². The van der Waals surface area contributed by atoms with E-state index >= 15 is 0 Å². The number of anilines is 1. The van der Waals surface area contributed by atoms with Gasteiger partial charge in [-0.05, 0) is 51.5 Å². The van der Waals surface area contributed by atoms with Crippen molar-refractivity contribution in [3.63, 3.8) is 0 Å².